The van der Waals surface area contributed by atoms with E-state index in [1.165, 1.54) is 0 Å². The molecule has 2 saturated heterocycles. The quantitative estimate of drug-likeness (QED) is 0.751. The van der Waals surface area contributed by atoms with Gasteiger partial charge in [0.1, 0.15) is 0 Å². The second kappa shape index (κ2) is 9.99. The van der Waals surface area contributed by atoms with Crippen molar-refractivity contribution < 1.29 is 8.42 Å². The summed E-state index contributed by atoms with van der Waals surface area (Å²) in [5.74, 6) is 0. The van der Waals surface area contributed by atoms with Crippen LogP contribution in [0.3, 0.4) is 0 Å². The molecule has 2 N–H and O–H groups in total. The zero-order valence-corrected chi connectivity index (χ0v) is 17.7. The Kier molecular flexibility index (Phi) is 8.96. The Morgan fingerprint density at radius 2 is 1.58 bits per heavy atom. The number of rotatable bonds is 4. The summed E-state index contributed by atoms with van der Waals surface area (Å²) in [6.45, 7) is 8.35. The van der Waals surface area contributed by atoms with Crippen LogP contribution in [0.2, 0.25) is 0 Å². The van der Waals surface area contributed by atoms with E-state index in [0.29, 0.717) is 23.7 Å². The molecule has 0 aromatic heterocycles. The van der Waals surface area contributed by atoms with Crippen molar-refractivity contribution in [1.82, 2.24) is 9.21 Å². The van der Waals surface area contributed by atoms with Gasteiger partial charge in [-0.2, -0.15) is 4.31 Å². The van der Waals surface area contributed by atoms with Crippen molar-refractivity contribution in [3.63, 3.8) is 0 Å². The van der Waals surface area contributed by atoms with Crippen molar-refractivity contribution in [3.05, 3.63) is 18.2 Å². The smallest absolute Gasteiger partial charge is 0.243 e. The lowest BCUT2D eigenvalue weighted by Crippen LogP contribution is -2.46. The lowest BCUT2D eigenvalue weighted by atomic mass is 10.2. The van der Waals surface area contributed by atoms with Crippen LogP contribution in [-0.2, 0) is 10.0 Å². The third kappa shape index (κ3) is 4.95. The number of likely N-dealkylation sites (N-methyl/N-ethyl adjacent to an activating group) is 1. The Hall–Kier alpha value is -0.730. The van der Waals surface area contributed by atoms with Gasteiger partial charge in [-0.15, -0.1) is 24.8 Å². The summed E-state index contributed by atoms with van der Waals surface area (Å²) in [4.78, 5) is 4.97. The van der Waals surface area contributed by atoms with E-state index in [1.807, 2.05) is 6.07 Å². The number of hydrogen-bond acceptors (Lipinski definition) is 5. The Labute approximate surface area is 169 Å². The Morgan fingerprint density at radius 1 is 0.962 bits per heavy atom. The predicted molar refractivity (Wildman–Crippen MR) is 112 cm³/mol. The van der Waals surface area contributed by atoms with E-state index < -0.39 is 10.0 Å². The minimum atomic E-state index is -3.42. The van der Waals surface area contributed by atoms with Crippen LogP contribution >= 0.6 is 24.8 Å². The number of nitrogens with zero attached hydrogens (tertiary/aromatic N) is 3. The van der Waals surface area contributed by atoms with Gasteiger partial charge in [-0.05, 0) is 37.6 Å². The molecule has 9 heteroatoms. The highest BCUT2D eigenvalue weighted by Crippen LogP contribution is 2.29. The third-order valence-electron chi connectivity index (χ3n) is 5.11. The molecular weight excluding hydrogens is 395 g/mol. The van der Waals surface area contributed by atoms with Crippen molar-refractivity contribution in [2.75, 3.05) is 56.4 Å². The molecule has 2 aliphatic rings. The first-order chi connectivity index (χ1) is 11.5. The first-order valence-electron chi connectivity index (χ1n) is 8.89. The van der Waals surface area contributed by atoms with E-state index >= 15 is 0 Å². The molecular formula is C17H30Cl2N4O2S. The minimum Gasteiger partial charge on any atom is -0.397 e. The summed E-state index contributed by atoms with van der Waals surface area (Å²) in [5, 5.41) is 0. The average molecular weight is 425 g/mol. The first kappa shape index (κ1) is 23.3. The van der Waals surface area contributed by atoms with Crippen molar-refractivity contribution in [2.24, 2.45) is 0 Å². The van der Waals surface area contributed by atoms with Gasteiger partial charge in [0.2, 0.25) is 10.0 Å². The molecule has 0 spiro atoms. The van der Waals surface area contributed by atoms with E-state index in [-0.39, 0.29) is 24.8 Å². The van der Waals surface area contributed by atoms with Crippen LogP contribution in [-0.4, -0.2) is 63.4 Å². The van der Waals surface area contributed by atoms with Crippen molar-refractivity contribution >= 4 is 46.2 Å². The lowest BCUT2D eigenvalue weighted by molar-refractivity contribution is 0.271. The highest BCUT2D eigenvalue weighted by Gasteiger charge is 2.27. The summed E-state index contributed by atoms with van der Waals surface area (Å²) < 4.78 is 27.1. The summed E-state index contributed by atoms with van der Waals surface area (Å²) in [7, 11) is -3.42. The number of nitrogens with two attached hydrogens (primary N) is 1. The number of anilines is 2. The van der Waals surface area contributed by atoms with Gasteiger partial charge in [0.05, 0.1) is 16.3 Å². The van der Waals surface area contributed by atoms with Crippen LogP contribution in [0.1, 0.15) is 26.2 Å². The standard InChI is InChI=1S/C17H28N4O2S.2ClH/c1-2-19-10-12-20(13-11-19)17-7-6-15(14-16(17)18)24(22,23)21-8-4-3-5-9-21;;/h6-7,14H,2-5,8-13,18H2,1H3;2*1H. The normalized spacial score (nSPS) is 19.5. The largest absolute Gasteiger partial charge is 0.397 e. The average Bonchev–Trinajstić information content (AvgIpc) is 2.62. The van der Waals surface area contributed by atoms with E-state index in [2.05, 4.69) is 16.7 Å². The Balaban J connectivity index is 0.00000169. The summed E-state index contributed by atoms with van der Waals surface area (Å²) in [6, 6.07) is 5.21. The zero-order valence-electron chi connectivity index (χ0n) is 15.3. The van der Waals surface area contributed by atoms with Crippen LogP contribution < -0.4 is 10.6 Å². The molecule has 3 rings (SSSR count). The molecule has 0 atom stereocenters. The lowest BCUT2D eigenvalue weighted by Gasteiger charge is -2.36. The van der Waals surface area contributed by atoms with Gasteiger partial charge in [0.15, 0.2) is 0 Å². The topological polar surface area (TPSA) is 69.9 Å². The Morgan fingerprint density at radius 3 is 2.12 bits per heavy atom. The molecule has 0 amide bonds. The predicted octanol–water partition coefficient (Wildman–Crippen LogP) is 2.43. The SMILES string of the molecule is CCN1CCN(c2ccc(S(=O)(=O)N3CCCCC3)cc2N)CC1.Cl.Cl. The van der Waals surface area contributed by atoms with Crippen LogP contribution in [0, 0.1) is 0 Å². The Bertz CT molecular complexity index is 673. The van der Waals surface area contributed by atoms with Gasteiger partial charge in [-0.25, -0.2) is 8.42 Å². The first-order valence-corrected chi connectivity index (χ1v) is 10.3. The number of nitrogen functional groups attached to an aromatic ring is 1. The van der Waals surface area contributed by atoms with E-state index in [1.54, 1.807) is 16.4 Å². The molecule has 1 aromatic carbocycles. The number of piperazine rings is 1. The van der Waals surface area contributed by atoms with E-state index in [4.69, 9.17) is 5.73 Å². The molecule has 2 fully saturated rings. The van der Waals surface area contributed by atoms with E-state index in [9.17, 15) is 8.42 Å². The molecule has 6 nitrogen and oxygen atoms in total. The zero-order chi connectivity index (χ0) is 17.2. The maximum Gasteiger partial charge on any atom is 0.243 e. The van der Waals surface area contributed by atoms with Crippen LogP contribution in [0.5, 0.6) is 0 Å². The van der Waals surface area contributed by atoms with Gasteiger partial charge in [-0.1, -0.05) is 13.3 Å². The fourth-order valence-electron chi connectivity index (χ4n) is 3.54. The van der Waals surface area contributed by atoms with Crippen molar-refractivity contribution in [2.45, 2.75) is 31.1 Å². The van der Waals surface area contributed by atoms with Gasteiger partial charge < -0.3 is 15.5 Å². The van der Waals surface area contributed by atoms with Crippen LogP contribution in [0.4, 0.5) is 11.4 Å². The monoisotopic (exact) mass is 424 g/mol. The van der Waals surface area contributed by atoms with Crippen molar-refractivity contribution in [1.29, 1.82) is 0 Å². The van der Waals surface area contributed by atoms with Crippen LogP contribution in [0.15, 0.2) is 23.1 Å². The molecule has 150 valence electrons. The number of halogens is 2. The molecule has 0 radical (unpaired) electrons. The number of hydrogen-bond donors (Lipinski definition) is 1. The highest BCUT2D eigenvalue weighted by atomic mass is 35.5. The molecule has 2 heterocycles. The number of piperidine rings is 1. The minimum absolute atomic E-state index is 0. The van der Waals surface area contributed by atoms with Gasteiger partial charge in [-0.3, -0.25) is 0 Å². The summed E-state index contributed by atoms with van der Waals surface area (Å²) in [5.41, 5.74) is 7.71. The molecule has 0 bridgehead atoms. The molecule has 1 aromatic rings. The molecule has 26 heavy (non-hydrogen) atoms. The number of sulfonamides is 1. The maximum atomic E-state index is 12.8. The highest BCUT2D eigenvalue weighted by molar-refractivity contribution is 7.89. The van der Waals surface area contributed by atoms with Crippen molar-refractivity contribution in [3.8, 4) is 0 Å². The summed E-state index contributed by atoms with van der Waals surface area (Å²) >= 11 is 0. The number of benzene rings is 1. The van der Waals surface area contributed by atoms with Gasteiger partial charge >= 0.3 is 0 Å². The molecule has 2 aliphatic heterocycles. The fourth-order valence-corrected chi connectivity index (χ4v) is 5.09. The molecule has 0 saturated carbocycles. The van der Waals surface area contributed by atoms with Gasteiger partial charge in [0, 0.05) is 39.3 Å². The second-order valence-electron chi connectivity index (χ2n) is 6.61. The van der Waals surface area contributed by atoms with Gasteiger partial charge in [0.25, 0.3) is 0 Å². The summed E-state index contributed by atoms with van der Waals surface area (Å²) in [6.07, 6.45) is 2.99. The van der Waals surface area contributed by atoms with Crippen LogP contribution in [0.25, 0.3) is 0 Å². The second-order valence-corrected chi connectivity index (χ2v) is 8.54. The molecule has 0 unspecified atom stereocenters. The maximum absolute atomic E-state index is 12.8. The molecule has 0 aliphatic carbocycles. The third-order valence-corrected chi connectivity index (χ3v) is 7.01. The van der Waals surface area contributed by atoms with E-state index in [0.717, 1.165) is 57.7 Å². The fraction of sp³-hybridized carbons (Fsp3) is 0.647.